The highest BCUT2D eigenvalue weighted by molar-refractivity contribution is 6.17. The van der Waals surface area contributed by atoms with E-state index >= 15 is 0 Å². The van der Waals surface area contributed by atoms with Crippen LogP contribution in [0.2, 0.25) is 0 Å². The highest BCUT2D eigenvalue weighted by atomic mass is 16.3. The van der Waals surface area contributed by atoms with Crippen LogP contribution in [-0.2, 0) is 0 Å². The number of pyridine rings is 1. The Kier molecular flexibility index (Phi) is 6.15. The first-order valence-corrected chi connectivity index (χ1v) is 17.2. The third kappa shape index (κ3) is 4.44. The molecule has 0 spiro atoms. The molecule has 11 rings (SSSR count). The fraction of sp³-hybridized carbons (Fsp3) is 0. The SMILES string of the molecule is c1ccc(-c2nc(-c3cccc4oc5ccccc5c34)nc(-c3ccc(-c4ccc5ccccc5c4)c4oc5nc6ccccc6cc5c34)n2)cc1. The fourth-order valence-corrected chi connectivity index (χ4v) is 7.47. The van der Waals surface area contributed by atoms with Crippen molar-refractivity contribution in [2.75, 3.05) is 0 Å². The number of rotatable bonds is 4. The second-order valence-corrected chi connectivity index (χ2v) is 13.0. The predicted molar refractivity (Wildman–Crippen MR) is 209 cm³/mol. The first kappa shape index (κ1) is 28.6. The second-order valence-electron chi connectivity index (χ2n) is 13.0. The van der Waals surface area contributed by atoms with Crippen LogP contribution >= 0.6 is 0 Å². The van der Waals surface area contributed by atoms with Crippen molar-refractivity contribution >= 4 is 65.7 Å². The largest absolute Gasteiger partial charge is 0.456 e. The molecule has 0 aliphatic carbocycles. The van der Waals surface area contributed by atoms with Crippen molar-refractivity contribution in [2.24, 2.45) is 0 Å². The molecule has 11 aromatic rings. The lowest BCUT2D eigenvalue weighted by Crippen LogP contribution is -2.01. The summed E-state index contributed by atoms with van der Waals surface area (Å²) in [5, 5.41) is 7.16. The Balaban J connectivity index is 1.22. The molecule has 0 atom stereocenters. The molecule has 0 saturated carbocycles. The summed E-state index contributed by atoms with van der Waals surface area (Å²) in [5.74, 6) is 1.68. The van der Waals surface area contributed by atoms with Gasteiger partial charge in [0.2, 0.25) is 5.71 Å². The highest BCUT2D eigenvalue weighted by Crippen LogP contribution is 2.43. The van der Waals surface area contributed by atoms with Crippen molar-refractivity contribution in [1.29, 1.82) is 0 Å². The van der Waals surface area contributed by atoms with Crippen LogP contribution in [-0.4, -0.2) is 19.9 Å². The van der Waals surface area contributed by atoms with E-state index in [1.807, 2.05) is 78.9 Å². The van der Waals surface area contributed by atoms with Gasteiger partial charge in [-0.25, -0.2) is 19.9 Å². The number of hydrogen-bond donors (Lipinski definition) is 0. The molecule has 4 aromatic heterocycles. The smallest absolute Gasteiger partial charge is 0.227 e. The molecule has 52 heavy (non-hydrogen) atoms. The van der Waals surface area contributed by atoms with E-state index in [9.17, 15) is 0 Å². The molecule has 0 aliphatic heterocycles. The first-order chi connectivity index (χ1) is 25.7. The lowest BCUT2D eigenvalue weighted by atomic mass is 9.96. The van der Waals surface area contributed by atoms with Crippen molar-refractivity contribution in [1.82, 2.24) is 19.9 Å². The van der Waals surface area contributed by atoms with Crippen molar-refractivity contribution in [3.05, 3.63) is 158 Å². The normalized spacial score (nSPS) is 11.8. The lowest BCUT2D eigenvalue weighted by molar-refractivity contribution is 0.657. The van der Waals surface area contributed by atoms with Gasteiger partial charge in [-0.05, 0) is 58.8 Å². The minimum atomic E-state index is 0.541. The number of nitrogens with zero attached hydrogens (tertiary/aromatic N) is 4. The second kappa shape index (κ2) is 11.2. The minimum Gasteiger partial charge on any atom is -0.456 e. The van der Waals surface area contributed by atoms with Crippen LogP contribution in [0, 0.1) is 0 Å². The van der Waals surface area contributed by atoms with Gasteiger partial charge in [-0.15, -0.1) is 0 Å². The van der Waals surface area contributed by atoms with Crippen molar-refractivity contribution in [2.45, 2.75) is 0 Å². The van der Waals surface area contributed by atoms with E-state index in [2.05, 4.69) is 78.9 Å². The van der Waals surface area contributed by atoms with Gasteiger partial charge in [0.25, 0.3) is 0 Å². The van der Waals surface area contributed by atoms with Crippen molar-refractivity contribution in [3.8, 4) is 45.3 Å². The van der Waals surface area contributed by atoms with Crippen LogP contribution in [0.4, 0.5) is 0 Å². The zero-order valence-electron chi connectivity index (χ0n) is 27.6. The van der Waals surface area contributed by atoms with Crippen molar-refractivity contribution in [3.63, 3.8) is 0 Å². The van der Waals surface area contributed by atoms with E-state index in [-0.39, 0.29) is 0 Å². The van der Waals surface area contributed by atoms with Gasteiger partial charge < -0.3 is 8.83 Å². The molecule has 0 aliphatic rings. The Morgan fingerprint density at radius 1 is 0.365 bits per heavy atom. The van der Waals surface area contributed by atoms with Crippen LogP contribution in [0.5, 0.6) is 0 Å². The molecule has 0 unspecified atom stereocenters. The summed E-state index contributed by atoms with van der Waals surface area (Å²) in [6.07, 6.45) is 0. The third-order valence-electron chi connectivity index (χ3n) is 9.93. The molecule has 6 heteroatoms. The maximum Gasteiger partial charge on any atom is 0.227 e. The number of para-hydroxylation sites is 2. The van der Waals surface area contributed by atoms with E-state index < -0.39 is 0 Å². The molecule has 242 valence electrons. The standard InChI is InChI=1S/C46H26N4O2/c1-2-12-28(13-3-1)43-48-44(34-17-10-20-39-40(34)33-16-7-9-19-38(33)51-39)50-45(49-43)35-24-23-32(30-22-21-27-11-4-5-14-29(27)25-30)42-41(35)36-26-31-15-6-8-18-37(31)47-46(36)52-42/h1-26H. The minimum absolute atomic E-state index is 0.541. The summed E-state index contributed by atoms with van der Waals surface area (Å²) in [4.78, 5) is 20.5. The van der Waals surface area contributed by atoms with Crippen LogP contribution in [0.25, 0.3) is 111 Å². The van der Waals surface area contributed by atoms with Gasteiger partial charge in [0, 0.05) is 49.2 Å². The Hall–Kier alpha value is -7.18. The van der Waals surface area contributed by atoms with E-state index in [4.69, 9.17) is 28.8 Å². The number of furan rings is 2. The predicted octanol–water partition coefficient (Wildman–Crippen LogP) is 12.0. The van der Waals surface area contributed by atoms with Crippen LogP contribution in [0.15, 0.2) is 167 Å². The molecule has 0 saturated heterocycles. The summed E-state index contributed by atoms with van der Waals surface area (Å²) >= 11 is 0. The fourth-order valence-electron chi connectivity index (χ4n) is 7.47. The number of aromatic nitrogens is 4. The first-order valence-electron chi connectivity index (χ1n) is 17.2. The van der Waals surface area contributed by atoms with Gasteiger partial charge in [0.05, 0.1) is 5.52 Å². The summed E-state index contributed by atoms with van der Waals surface area (Å²) < 4.78 is 13.0. The van der Waals surface area contributed by atoms with E-state index in [1.165, 1.54) is 5.39 Å². The van der Waals surface area contributed by atoms with E-state index in [0.717, 1.165) is 82.4 Å². The molecule has 4 heterocycles. The molecule has 0 radical (unpaired) electrons. The quantitative estimate of drug-likeness (QED) is 0.186. The molecule has 0 amide bonds. The summed E-state index contributed by atoms with van der Waals surface area (Å²) in [7, 11) is 0. The maximum absolute atomic E-state index is 6.75. The van der Waals surface area contributed by atoms with Crippen molar-refractivity contribution < 1.29 is 8.83 Å². The molecule has 0 fully saturated rings. The summed E-state index contributed by atoms with van der Waals surface area (Å²) in [6.45, 7) is 0. The van der Waals surface area contributed by atoms with E-state index in [0.29, 0.717) is 23.2 Å². The average molecular weight is 667 g/mol. The van der Waals surface area contributed by atoms with E-state index in [1.54, 1.807) is 0 Å². The Morgan fingerprint density at radius 2 is 1.06 bits per heavy atom. The third-order valence-corrected chi connectivity index (χ3v) is 9.93. The maximum atomic E-state index is 6.75. The van der Waals surface area contributed by atoms with Gasteiger partial charge in [-0.1, -0.05) is 115 Å². The number of benzene rings is 7. The molecule has 6 nitrogen and oxygen atoms in total. The van der Waals surface area contributed by atoms with Gasteiger partial charge >= 0.3 is 0 Å². The Labute approximate surface area is 296 Å². The van der Waals surface area contributed by atoms with Crippen LogP contribution < -0.4 is 0 Å². The highest BCUT2D eigenvalue weighted by Gasteiger charge is 2.23. The Morgan fingerprint density at radius 3 is 1.94 bits per heavy atom. The summed E-state index contributed by atoms with van der Waals surface area (Å²) in [6, 6.07) is 53.6. The average Bonchev–Trinajstić information content (AvgIpc) is 3.78. The number of fused-ring (bicyclic) bond motifs is 8. The molecule has 0 N–H and O–H groups in total. The Bertz CT molecular complexity index is 3200. The number of hydrogen-bond acceptors (Lipinski definition) is 6. The van der Waals surface area contributed by atoms with Gasteiger partial charge in [0.15, 0.2) is 17.5 Å². The van der Waals surface area contributed by atoms with Gasteiger partial charge in [-0.3, -0.25) is 0 Å². The topological polar surface area (TPSA) is 77.8 Å². The molecular formula is C46H26N4O2. The molecule has 0 bridgehead atoms. The van der Waals surface area contributed by atoms with Gasteiger partial charge in [-0.2, -0.15) is 0 Å². The lowest BCUT2D eigenvalue weighted by Gasteiger charge is -2.11. The van der Waals surface area contributed by atoms with Crippen LogP contribution in [0.3, 0.4) is 0 Å². The molecule has 7 aromatic carbocycles. The zero-order valence-corrected chi connectivity index (χ0v) is 27.6. The zero-order chi connectivity index (χ0) is 34.2. The molecular weight excluding hydrogens is 641 g/mol. The monoisotopic (exact) mass is 666 g/mol. The summed E-state index contributed by atoms with van der Waals surface area (Å²) in [5.41, 5.74) is 8.39. The van der Waals surface area contributed by atoms with Crippen LogP contribution in [0.1, 0.15) is 0 Å². The van der Waals surface area contributed by atoms with Gasteiger partial charge in [0.1, 0.15) is 16.7 Å².